The Morgan fingerprint density at radius 1 is 1.26 bits per heavy atom. The maximum absolute atomic E-state index is 12.1. The van der Waals surface area contributed by atoms with Gasteiger partial charge in [0.2, 0.25) is 0 Å². The van der Waals surface area contributed by atoms with Gasteiger partial charge in [-0.15, -0.1) is 0 Å². The highest BCUT2D eigenvalue weighted by atomic mass is 19.4. The van der Waals surface area contributed by atoms with E-state index in [9.17, 15) is 18.0 Å². The molecule has 2 rings (SSSR count). The monoisotopic (exact) mass is 329 g/mol. The van der Waals surface area contributed by atoms with Crippen LogP contribution in [-0.4, -0.2) is 42.8 Å². The summed E-state index contributed by atoms with van der Waals surface area (Å²) < 4.78 is 36.2. The number of alkyl halides is 3. The van der Waals surface area contributed by atoms with Crippen molar-refractivity contribution in [3.05, 3.63) is 35.9 Å². The summed E-state index contributed by atoms with van der Waals surface area (Å²) in [6.07, 6.45) is -5.26. The number of rotatable bonds is 5. The highest BCUT2D eigenvalue weighted by molar-refractivity contribution is 5.74. The fraction of sp³-hybridized carbons (Fsp3) is 0.562. The minimum absolute atomic E-state index is 0.0513. The molecule has 1 heterocycles. The van der Waals surface area contributed by atoms with Gasteiger partial charge in [-0.05, 0) is 11.5 Å². The van der Waals surface area contributed by atoms with E-state index in [-0.39, 0.29) is 12.0 Å². The lowest BCUT2D eigenvalue weighted by atomic mass is 10.1. The Kier molecular flexibility index (Phi) is 5.87. The normalized spacial score (nSPS) is 22.1. The summed E-state index contributed by atoms with van der Waals surface area (Å²) in [4.78, 5) is 13.9. The zero-order valence-electron chi connectivity index (χ0n) is 13.1. The van der Waals surface area contributed by atoms with E-state index in [0.29, 0.717) is 6.54 Å². The standard InChI is InChI=1S/C16H22F3N3O/c1-12-9-22(10-13-5-3-2-4-6-13)11-14(12)21-15(23)20-8-7-16(17,18)19/h2-6,12,14H,7-11H2,1H3,(H2,20,21,23). The van der Waals surface area contributed by atoms with Crippen molar-refractivity contribution in [3.63, 3.8) is 0 Å². The van der Waals surface area contributed by atoms with Gasteiger partial charge in [-0.25, -0.2) is 4.79 Å². The Morgan fingerprint density at radius 3 is 2.61 bits per heavy atom. The Labute approximate surface area is 134 Å². The summed E-state index contributed by atoms with van der Waals surface area (Å²) >= 11 is 0. The first kappa shape index (κ1) is 17.6. The molecule has 0 radical (unpaired) electrons. The summed E-state index contributed by atoms with van der Waals surface area (Å²) in [6, 6.07) is 9.45. The first-order chi connectivity index (χ1) is 10.8. The van der Waals surface area contributed by atoms with Crippen LogP contribution in [0.25, 0.3) is 0 Å². The third kappa shape index (κ3) is 6.09. The third-order valence-corrected chi connectivity index (χ3v) is 3.95. The molecular weight excluding hydrogens is 307 g/mol. The predicted octanol–water partition coefficient (Wildman–Crippen LogP) is 2.76. The molecule has 1 aliphatic heterocycles. The molecule has 0 aliphatic carbocycles. The number of nitrogens with zero attached hydrogens (tertiary/aromatic N) is 1. The van der Waals surface area contributed by atoms with Crippen molar-refractivity contribution in [2.75, 3.05) is 19.6 Å². The van der Waals surface area contributed by atoms with Gasteiger partial charge in [-0.2, -0.15) is 13.2 Å². The van der Waals surface area contributed by atoms with Crippen molar-refractivity contribution < 1.29 is 18.0 Å². The van der Waals surface area contributed by atoms with Gasteiger partial charge in [0.25, 0.3) is 0 Å². The van der Waals surface area contributed by atoms with Crippen molar-refractivity contribution in [2.45, 2.75) is 32.1 Å². The number of nitrogens with one attached hydrogen (secondary N) is 2. The van der Waals surface area contributed by atoms with E-state index >= 15 is 0 Å². The average molecular weight is 329 g/mol. The van der Waals surface area contributed by atoms with E-state index in [1.807, 2.05) is 25.1 Å². The van der Waals surface area contributed by atoms with E-state index in [2.05, 4.69) is 27.7 Å². The molecular formula is C16H22F3N3O. The minimum Gasteiger partial charge on any atom is -0.338 e. The molecule has 1 aliphatic rings. The molecule has 2 N–H and O–H groups in total. The van der Waals surface area contributed by atoms with Crippen LogP contribution in [0.5, 0.6) is 0 Å². The topological polar surface area (TPSA) is 44.4 Å². The Bertz CT molecular complexity index is 507. The first-order valence-electron chi connectivity index (χ1n) is 7.71. The third-order valence-electron chi connectivity index (χ3n) is 3.95. The Morgan fingerprint density at radius 2 is 1.96 bits per heavy atom. The predicted molar refractivity (Wildman–Crippen MR) is 81.9 cm³/mol. The van der Waals surface area contributed by atoms with E-state index in [1.54, 1.807) is 0 Å². The van der Waals surface area contributed by atoms with Crippen LogP contribution in [0.1, 0.15) is 18.9 Å². The molecule has 4 nitrogen and oxygen atoms in total. The van der Waals surface area contributed by atoms with Crippen LogP contribution in [0.15, 0.2) is 30.3 Å². The molecule has 0 aromatic heterocycles. The number of halogens is 3. The average Bonchev–Trinajstić information content (AvgIpc) is 2.78. The molecule has 1 saturated heterocycles. The van der Waals surface area contributed by atoms with Crippen LogP contribution >= 0.6 is 0 Å². The molecule has 1 aromatic carbocycles. The summed E-state index contributed by atoms with van der Waals surface area (Å²) in [7, 11) is 0. The summed E-state index contributed by atoms with van der Waals surface area (Å²) in [6.45, 7) is 3.99. The van der Waals surface area contributed by atoms with Gasteiger partial charge in [0.1, 0.15) is 0 Å². The molecule has 7 heteroatoms. The van der Waals surface area contributed by atoms with Gasteiger partial charge in [0, 0.05) is 32.2 Å². The number of urea groups is 1. The lowest BCUT2D eigenvalue weighted by Gasteiger charge is -2.18. The number of amides is 2. The maximum atomic E-state index is 12.1. The molecule has 0 spiro atoms. The second-order valence-electron chi connectivity index (χ2n) is 6.03. The van der Waals surface area contributed by atoms with Crippen LogP contribution in [0.3, 0.4) is 0 Å². The molecule has 1 fully saturated rings. The quantitative estimate of drug-likeness (QED) is 0.872. The van der Waals surface area contributed by atoms with E-state index in [0.717, 1.165) is 13.1 Å². The van der Waals surface area contributed by atoms with Gasteiger partial charge < -0.3 is 10.6 Å². The molecule has 2 amide bonds. The van der Waals surface area contributed by atoms with Crippen molar-refractivity contribution in [1.82, 2.24) is 15.5 Å². The molecule has 1 aromatic rings. The molecule has 2 unspecified atom stereocenters. The van der Waals surface area contributed by atoms with Crippen molar-refractivity contribution in [3.8, 4) is 0 Å². The van der Waals surface area contributed by atoms with Gasteiger partial charge in [0.15, 0.2) is 0 Å². The number of benzene rings is 1. The zero-order valence-corrected chi connectivity index (χ0v) is 13.1. The number of carbonyl (C=O) groups excluding carboxylic acids is 1. The van der Waals surface area contributed by atoms with Crippen molar-refractivity contribution in [2.24, 2.45) is 5.92 Å². The van der Waals surface area contributed by atoms with E-state index in [4.69, 9.17) is 0 Å². The Balaban J connectivity index is 1.74. The highest BCUT2D eigenvalue weighted by Crippen LogP contribution is 2.19. The van der Waals surface area contributed by atoms with Crippen LogP contribution in [0.4, 0.5) is 18.0 Å². The van der Waals surface area contributed by atoms with E-state index in [1.165, 1.54) is 5.56 Å². The largest absolute Gasteiger partial charge is 0.390 e. The molecule has 0 saturated carbocycles. The minimum atomic E-state index is -4.25. The van der Waals surface area contributed by atoms with Crippen molar-refractivity contribution in [1.29, 1.82) is 0 Å². The van der Waals surface area contributed by atoms with Crippen LogP contribution in [0, 0.1) is 5.92 Å². The van der Waals surface area contributed by atoms with Crippen LogP contribution in [-0.2, 0) is 6.54 Å². The lowest BCUT2D eigenvalue weighted by Crippen LogP contribution is -2.46. The van der Waals surface area contributed by atoms with Crippen LogP contribution < -0.4 is 10.6 Å². The molecule has 2 atom stereocenters. The number of likely N-dealkylation sites (tertiary alicyclic amines) is 1. The summed E-state index contributed by atoms with van der Waals surface area (Å²) in [5.41, 5.74) is 1.20. The highest BCUT2D eigenvalue weighted by Gasteiger charge is 2.31. The van der Waals surface area contributed by atoms with Gasteiger partial charge in [-0.1, -0.05) is 37.3 Å². The smallest absolute Gasteiger partial charge is 0.338 e. The summed E-state index contributed by atoms with van der Waals surface area (Å²) in [5.74, 6) is 0.257. The number of hydrogen-bond acceptors (Lipinski definition) is 2. The van der Waals surface area contributed by atoms with Crippen LogP contribution in [0.2, 0.25) is 0 Å². The molecule has 0 bridgehead atoms. The van der Waals surface area contributed by atoms with Gasteiger partial charge >= 0.3 is 12.2 Å². The lowest BCUT2D eigenvalue weighted by molar-refractivity contribution is -0.132. The second-order valence-corrected chi connectivity index (χ2v) is 6.03. The molecule has 128 valence electrons. The molecule has 23 heavy (non-hydrogen) atoms. The second kappa shape index (κ2) is 7.68. The fourth-order valence-electron chi connectivity index (χ4n) is 2.76. The number of carbonyl (C=O) groups is 1. The van der Waals surface area contributed by atoms with Crippen molar-refractivity contribution >= 4 is 6.03 Å². The first-order valence-corrected chi connectivity index (χ1v) is 7.71. The Hall–Kier alpha value is -1.76. The van der Waals surface area contributed by atoms with E-state index < -0.39 is 25.2 Å². The zero-order chi connectivity index (χ0) is 16.9. The van der Waals surface area contributed by atoms with Gasteiger partial charge in [-0.3, -0.25) is 4.90 Å². The number of hydrogen-bond donors (Lipinski definition) is 2. The summed E-state index contributed by atoms with van der Waals surface area (Å²) in [5, 5.41) is 5.03. The fourth-order valence-corrected chi connectivity index (χ4v) is 2.76. The maximum Gasteiger partial charge on any atom is 0.390 e. The van der Waals surface area contributed by atoms with Gasteiger partial charge in [0.05, 0.1) is 6.42 Å². The SMILES string of the molecule is CC1CN(Cc2ccccc2)CC1NC(=O)NCCC(F)(F)F.